The fraction of sp³-hybridized carbons (Fsp3) is 0.964. The second kappa shape index (κ2) is 21.7. The number of ether oxygens (including phenoxy) is 2. The first kappa shape index (κ1) is 33.8. The molecule has 0 aromatic rings. The molecule has 212 valence electrons. The SMILES string of the molecule is CCCCCC(CCSCCCCCCCCC(C)OCCCOC(O)(P=O)C(=O)O)C1CCCC1. The molecule has 0 aromatic carbocycles. The van der Waals surface area contributed by atoms with Crippen LogP contribution in [0, 0.1) is 11.8 Å². The van der Waals surface area contributed by atoms with Crippen LogP contribution in [0.25, 0.3) is 0 Å². The highest BCUT2D eigenvalue weighted by Gasteiger charge is 2.38. The van der Waals surface area contributed by atoms with Gasteiger partial charge in [0.05, 0.1) is 12.7 Å². The monoisotopic (exact) mass is 548 g/mol. The third-order valence-corrected chi connectivity index (χ3v) is 9.09. The molecule has 1 aliphatic rings. The van der Waals surface area contributed by atoms with E-state index in [1.54, 1.807) is 0 Å². The third kappa shape index (κ3) is 15.9. The molecule has 0 heterocycles. The van der Waals surface area contributed by atoms with E-state index in [-0.39, 0.29) is 12.7 Å². The molecule has 1 fully saturated rings. The number of carboxylic acids is 1. The molecule has 3 unspecified atom stereocenters. The number of aliphatic hydroxyl groups is 1. The topological polar surface area (TPSA) is 93.1 Å². The molecule has 0 amide bonds. The van der Waals surface area contributed by atoms with Gasteiger partial charge in [0, 0.05) is 6.61 Å². The first-order chi connectivity index (χ1) is 17.4. The van der Waals surface area contributed by atoms with E-state index < -0.39 is 20.0 Å². The van der Waals surface area contributed by atoms with Crippen LogP contribution in [-0.2, 0) is 18.8 Å². The predicted molar refractivity (Wildman–Crippen MR) is 150 cm³/mol. The number of hydrogen-bond acceptors (Lipinski definition) is 6. The lowest BCUT2D eigenvalue weighted by atomic mass is 9.84. The van der Waals surface area contributed by atoms with E-state index >= 15 is 0 Å². The number of rotatable bonds is 25. The zero-order valence-electron chi connectivity index (χ0n) is 23.0. The zero-order valence-corrected chi connectivity index (χ0v) is 24.7. The van der Waals surface area contributed by atoms with Gasteiger partial charge < -0.3 is 19.7 Å². The van der Waals surface area contributed by atoms with E-state index in [1.807, 2.05) is 6.92 Å². The van der Waals surface area contributed by atoms with Crippen molar-refractivity contribution in [1.82, 2.24) is 0 Å². The Kier molecular flexibility index (Phi) is 20.4. The van der Waals surface area contributed by atoms with Gasteiger partial charge in [0.1, 0.15) is 0 Å². The second-order valence-corrected chi connectivity index (χ2v) is 12.5. The Labute approximate surface area is 226 Å². The van der Waals surface area contributed by atoms with E-state index in [2.05, 4.69) is 18.7 Å². The van der Waals surface area contributed by atoms with Gasteiger partial charge in [-0.3, -0.25) is 4.57 Å². The number of hydrogen-bond donors (Lipinski definition) is 2. The average Bonchev–Trinajstić information content (AvgIpc) is 3.40. The summed E-state index contributed by atoms with van der Waals surface area (Å²) in [7, 11) is -0.977. The molecule has 3 atom stereocenters. The maximum absolute atomic E-state index is 10.8. The molecule has 0 aliphatic heterocycles. The van der Waals surface area contributed by atoms with Gasteiger partial charge in [-0.05, 0) is 55.9 Å². The van der Waals surface area contributed by atoms with Gasteiger partial charge in [0.2, 0.25) is 8.46 Å². The number of carbonyl (C=O) groups is 1. The molecule has 1 saturated carbocycles. The van der Waals surface area contributed by atoms with Gasteiger partial charge >= 0.3 is 11.5 Å². The summed E-state index contributed by atoms with van der Waals surface area (Å²) in [5.74, 6) is 3.04. The molecule has 6 nitrogen and oxygen atoms in total. The molecular weight excluding hydrogens is 495 g/mol. The first-order valence-electron chi connectivity index (χ1n) is 14.6. The van der Waals surface area contributed by atoms with E-state index in [4.69, 9.17) is 14.6 Å². The van der Waals surface area contributed by atoms with Crippen molar-refractivity contribution in [2.45, 2.75) is 135 Å². The van der Waals surface area contributed by atoms with Crippen molar-refractivity contribution >= 4 is 26.2 Å². The summed E-state index contributed by atoms with van der Waals surface area (Å²) in [6.07, 6.45) is 22.3. The van der Waals surface area contributed by atoms with Crippen LogP contribution < -0.4 is 0 Å². The third-order valence-electron chi connectivity index (χ3n) is 7.42. The van der Waals surface area contributed by atoms with Crippen molar-refractivity contribution in [3.63, 3.8) is 0 Å². The molecule has 0 aromatic heterocycles. The van der Waals surface area contributed by atoms with Crippen molar-refractivity contribution in [2.24, 2.45) is 11.8 Å². The Morgan fingerprint density at radius 2 is 1.61 bits per heavy atom. The van der Waals surface area contributed by atoms with Gasteiger partial charge in [-0.15, -0.1) is 0 Å². The summed E-state index contributed by atoms with van der Waals surface area (Å²) in [4.78, 5) is 10.8. The Morgan fingerprint density at radius 3 is 2.28 bits per heavy atom. The second-order valence-electron chi connectivity index (χ2n) is 10.5. The van der Waals surface area contributed by atoms with Crippen LogP contribution in [0.1, 0.15) is 123 Å². The average molecular weight is 549 g/mol. The molecule has 8 heteroatoms. The van der Waals surface area contributed by atoms with Crippen LogP contribution in [0.4, 0.5) is 0 Å². The van der Waals surface area contributed by atoms with Crippen LogP contribution in [0.15, 0.2) is 0 Å². The Bertz CT molecular complexity index is 560. The van der Waals surface area contributed by atoms with Crippen molar-refractivity contribution in [1.29, 1.82) is 0 Å². The summed E-state index contributed by atoms with van der Waals surface area (Å²) >= 11 is 2.18. The summed E-state index contributed by atoms with van der Waals surface area (Å²) in [5, 5.41) is 18.2. The van der Waals surface area contributed by atoms with E-state index in [0.29, 0.717) is 13.0 Å². The summed E-state index contributed by atoms with van der Waals surface area (Å²) in [6.45, 7) is 4.75. The summed E-state index contributed by atoms with van der Waals surface area (Å²) in [6, 6.07) is 0. The lowest BCUT2D eigenvalue weighted by Crippen LogP contribution is -2.35. The summed E-state index contributed by atoms with van der Waals surface area (Å²) in [5.41, 5.74) is -2.66. The molecule has 36 heavy (non-hydrogen) atoms. The Morgan fingerprint density at radius 1 is 0.944 bits per heavy atom. The summed E-state index contributed by atoms with van der Waals surface area (Å²) < 4.78 is 21.2. The smallest absolute Gasteiger partial charge is 0.377 e. The zero-order chi connectivity index (χ0) is 26.5. The van der Waals surface area contributed by atoms with Gasteiger partial charge in [0.15, 0.2) is 0 Å². The van der Waals surface area contributed by atoms with Crippen LogP contribution in [0.5, 0.6) is 0 Å². The molecule has 0 bridgehead atoms. The van der Waals surface area contributed by atoms with Crippen LogP contribution in [0.3, 0.4) is 0 Å². The minimum atomic E-state index is -2.66. The van der Waals surface area contributed by atoms with Crippen molar-refractivity contribution in [3.8, 4) is 0 Å². The molecule has 0 radical (unpaired) electrons. The molecular formula is C28H53O6PS. The maximum atomic E-state index is 10.8. The van der Waals surface area contributed by atoms with Gasteiger partial charge in [0.25, 0.3) is 0 Å². The van der Waals surface area contributed by atoms with E-state index in [1.165, 1.54) is 101 Å². The quantitative estimate of drug-likeness (QED) is 0.0677. The highest BCUT2D eigenvalue weighted by molar-refractivity contribution is 7.99. The van der Waals surface area contributed by atoms with Crippen LogP contribution in [0.2, 0.25) is 0 Å². The highest BCUT2D eigenvalue weighted by atomic mass is 32.2. The molecule has 1 aliphatic carbocycles. The molecule has 0 spiro atoms. The van der Waals surface area contributed by atoms with Crippen molar-refractivity contribution < 1.29 is 29.0 Å². The molecule has 1 rings (SSSR count). The predicted octanol–water partition coefficient (Wildman–Crippen LogP) is 8.06. The molecule has 0 saturated heterocycles. The lowest BCUT2D eigenvalue weighted by Gasteiger charge is -2.23. The minimum absolute atomic E-state index is 0.0247. The maximum Gasteiger partial charge on any atom is 0.377 e. The fourth-order valence-electron chi connectivity index (χ4n) is 5.15. The Balaban J connectivity index is 1.92. The Hall–Kier alpha value is -0.200. The number of thioether (sulfide) groups is 1. The van der Waals surface area contributed by atoms with E-state index in [0.717, 1.165) is 24.7 Å². The van der Waals surface area contributed by atoms with Crippen LogP contribution in [-0.4, -0.2) is 52.5 Å². The highest BCUT2D eigenvalue weighted by Crippen LogP contribution is 2.36. The number of unbranched alkanes of at least 4 members (excludes halogenated alkanes) is 7. The van der Waals surface area contributed by atoms with Crippen molar-refractivity contribution in [2.75, 3.05) is 24.7 Å². The largest absolute Gasteiger partial charge is 0.477 e. The van der Waals surface area contributed by atoms with Gasteiger partial charge in [-0.2, -0.15) is 11.8 Å². The van der Waals surface area contributed by atoms with E-state index in [9.17, 15) is 14.5 Å². The first-order valence-corrected chi connectivity index (χ1v) is 16.5. The fourth-order valence-corrected chi connectivity index (χ4v) is 6.45. The standard InChI is InChI=1S/C28H53O6PS/c1-3-4-9-16-26(25-17-11-12-18-25)19-23-36-22-13-8-6-5-7-10-15-24(2)33-20-14-21-34-28(31,35-32)27(29)30/h24-26,31H,3-23H2,1-2H3,(H,29,30). The lowest BCUT2D eigenvalue weighted by molar-refractivity contribution is -0.190. The molecule has 2 N–H and O–H groups in total. The number of aliphatic carboxylic acids is 1. The van der Waals surface area contributed by atoms with Gasteiger partial charge in [-0.25, -0.2) is 4.79 Å². The van der Waals surface area contributed by atoms with Crippen LogP contribution >= 0.6 is 20.2 Å². The normalized spacial score (nSPS) is 17.9. The van der Waals surface area contributed by atoms with Crippen molar-refractivity contribution in [3.05, 3.63) is 0 Å². The number of carboxylic acid groups (broad SMARTS) is 1. The minimum Gasteiger partial charge on any atom is -0.477 e. The van der Waals surface area contributed by atoms with Gasteiger partial charge in [-0.1, -0.05) is 90.4 Å².